The SMILES string of the molecule is COCc1n[nH]nc1CN. The van der Waals surface area contributed by atoms with E-state index in [-0.39, 0.29) is 0 Å². The van der Waals surface area contributed by atoms with Crippen LogP contribution in [0.25, 0.3) is 0 Å². The molecule has 5 heteroatoms. The van der Waals surface area contributed by atoms with Gasteiger partial charge in [-0.25, -0.2) is 0 Å². The Balaban J connectivity index is 2.70. The lowest BCUT2D eigenvalue weighted by molar-refractivity contribution is 0.180. The van der Waals surface area contributed by atoms with E-state index in [0.717, 1.165) is 11.4 Å². The molecule has 0 atom stereocenters. The molecule has 10 heavy (non-hydrogen) atoms. The molecule has 0 saturated heterocycles. The molecular formula is C5H10N4O. The predicted octanol–water partition coefficient (Wildman–Crippen LogP) is -0.590. The summed E-state index contributed by atoms with van der Waals surface area (Å²) >= 11 is 0. The summed E-state index contributed by atoms with van der Waals surface area (Å²) in [5, 5.41) is 10.1. The van der Waals surface area contributed by atoms with Crippen LogP contribution in [0.4, 0.5) is 0 Å². The third kappa shape index (κ3) is 1.31. The molecule has 56 valence electrons. The molecule has 0 aliphatic carbocycles. The van der Waals surface area contributed by atoms with E-state index in [1.165, 1.54) is 0 Å². The van der Waals surface area contributed by atoms with E-state index in [1.807, 2.05) is 0 Å². The average Bonchev–Trinajstić information content (AvgIpc) is 2.36. The minimum absolute atomic E-state index is 0.398. The summed E-state index contributed by atoms with van der Waals surface area (Å²) in [6.07, 6.45) is 0. The second kappa shape index (κ2) is 3.28. The Bertz CT molecular complexity index is 197. The van der Waals surface area contributed by atoms with Crippen molar-refractivity contribution in [2.24, 2.45) is 5.73 Å². The van der Waals surface area contributed by atoms with Crippen LogP contribution < -0.4 is 5.73 Å². The van der Waals surface area contributed by atoms with Crippen molar-refractivity contribution in [2.45, 2.75) is 13.2 Å². The van der Waals surface area contributed by atoms with Gasteiger partial charge in [0.1, 0.15) is 11.4 Å². The fourth-order valence-electron chi connectivity index (χ4n) is 0.691. The summed E-state index contributed by atoms with van der Waals surface area (Å²) in [5.74, 6) is 0. The quantitative estimate of drug-likeness (QED) is 0.591. The van der Waals surface area contributed by atoms with Crippen molar-refractivity contribution in [1.29, 1.82) is 0 Å². The average molecular weight is 142 g/mol. The molecule has 1 aromatic heterocycles. The van der Waals surface area contributed by atoms with Gasteiger partial charge in [-0.1, -0.05) is 0 Å². The molecule has 0 fully saturated rings. The molecule has 0 saturated carbocycles. The van der Waals surface area contributed by atoms with Gasteiger partial charge in [0.25, 0.3) is 0 Å². The molecule has 1 aromatic rings. The smallest absolute Gasteiger partial charge is 0.113 e. The van der Waals surface area contributed by atoms with Gasteiger partial charge in [0, 0.05) is 13.7 Å². The molecule has 0 amide bonds. The van der Waals surface area contributed by atoms with Crippen LogP contribution in [-0.2, 0) is 17.9 Å². The van der Waals surface area contributed by atoms with Crippen LogP contribution in [0.3, 0.4) is 0 Å². The highest BCUT2D eigenvalue weighted by Crippen LogP contribution is 1.99. The zero-order valence-electron chi connectivity index (χ0n) is 5.79. The number of hydrogen-bond acceptors (Lipinski definition) is 4. The Morgan fingerprint density at radius 3 is 2.80 bits per heavy atom. The molecule has 1 rings (SSSR count). The van der Waals surface area contributed by atoms with Gasteiger partial charge in [-0.3, -0.25) is 0 Å². The lowest BCUT2D eigenvalue weighted by Gasteiger charge is -1.93. The summed E-state index contributed by atoms with van der Waals surface area (Å²) in [6.45, 7) is 0.859. The van der Waals surface area contributed by atoms with Gasteiger partial charge in [0.05, 0.1) is 6.61 Å². The predicted molar refractivity (Wildman–Crippen MR) is 35.0 cm³/mol. The highest BCUT2D eigenvalue weighted by atomic mass is 16.5. The third-order valence-corrected chi connectivity index (χ3v) is 1.18. The first-order chi connectivity index (χ1) is 4.88. The summed E-state index contributed by atoms with van der Waals surface area (Å²) < 4.78 is 4.85. The Kier molecular flexibility index (Phi) is 2.35. The van der Waals surface area contributed by atoms with Crippen LogP contribution in [0.5, 0.6) is 0 Å². The van der Waals surface area contributed by atoms with E-state index >= 15 is 0 Å². The van der Waals surface area contributed by atoms with Crippen LogP contribution in [0.2, 0.25) is 0 Å². The van der Waals surface area contributed by atoms with Gasteiger partial charge in [0.2, 0.25) is 0 Å². The van der Waals surface area contributed by atoms with Gasteiger partial charge >= 0.3 is 0 Å². The highest BCUT2D eigenvalue weighted by Gasteiger charge is 2.03. The van der Waals surface area contributed by atoms with Crippen molar-refractivity contribution in [1.82, 2.24) is 15.4 Å². The van der Waals surface area contributed by atoms with E-state index in [4.69, 9.17) is 10.5 Å². The molecule has 0 aliphatic rings. The molecule has 0 unspecified atom stereocenters. The molecule has 0 bridgehead atoms. The minimum atomic E-state index is 0.398. The first kappa shape index (κ1) is 7.17. The maximum atomic E-state index is 5.35. The zero-order valence-corrected chi connectivity index (χ0v) is 5.79. The first-order valence-corrected chi connectivity index (χ1v) is 2.96. The topological polar surface area (TPSA) is 76.8 Å². The van der Waals surface area contributed by atoms with Crippen molar-refractivity contribution < 1.29 is 4.74 Å². The lowest BCUT2D eigenvalue weighted by atomic mass is 10.3. The number of nitrogens with zero attached hydrogens (tertiary/aromatic N) is 2. The number of nitrogens with two attached hydrogens (primary N) is 1. The Labute approximate surface area is 58.6 Å². The van der Waals surface area contributed by atoms with Crippen LogP contribution in [0.15, 0.2) is 0 Å². The second-order valence-electron chi connectivity index (χ2n) is 1.85. The maximum Gasteiger partial charge on any atom is 0.113 e. The van der Waals surface area contributed by atoms with Crippen molar-refractivity contribution >= 4 is 0 Å². The van der Waals surface area contributed by atoms with Crippen LogP contribution >= 0.6 is 0 Å². The summed E-state index contributed by atoms with van der Waals surface area (Å²) in [7, 11) is 1.61. The molecule has 0 spiro atoms. The summed E-state index contributed by atoms with van der Waals surface area (Å²) in [6, 6.07) is 0. The van der Waals surface area contributed by atoms with E-state index < -0.39 is 0 Å². The van der Waals surface area contributed by atoms with Gasteiger partial charge in [0.15, 0.2) is 0 Å². The number of ether oxygens (including phenoxy) is 1. The Morgan fingerprint density at radius 2 is 2.20 bits per heavy atom. The number of methoxy groups -OCH3 is 1. The van der Waals surface area contributed by atoms with Crippen LogP contribution in [-0.4, -0.2) is 22.5 Å². The highest BCUT2D eigenvalue weighted by molar-refractivity contribution is 5.05. The lowest BCUT2D eigenvalue weighted by Crippen LogP contribution is -2.01. The number of aromatic amines is 1. The standard InChI is InChI=1S/C5H10N4O/c1-10-3-5-4(2-6)7-9-8-5/h2-3,6H2,1H3,(H,7,8,9). The first-order valence-electron chi connectivity index (χ1n) is 2.96. The Morgan fingerprint density at radius 1 is 1.50 bits per heavy atom. The molecule has 1 heterocycles. The summed E-state index contributed by atoms with van der Waals surface area (Å²) in [4.78, 5) is 0. The number of rotatable bonds is 3. The minimum Gasteiger partial charge on any atom is -0.378 e. The van der Waals surface area contributed by atoms with E-state index in [0.29, 0.717) is 13.2 Å². The second-order valence-corrected chi connectivity index (χ2v) is 1.85. The van der Waals surface area contributed by atoms with Gasteiger partial charge < -0.3 is 10.5 Å². The normalized spacial score (nSPS) is 10.2. The van der Waals surface area contributed by atoms with Crippen LogP contribution in [0, 0.1) is 0 Å². The molecule has 0 aromatic carbocycles. The van der Waals surface area contributed by atoms with Gasteiger partial charge in [-0.15, -0.1) is 0 Å². The fourth-order valence-corrected chi connectivity index (χ4v) is 0.691. The zero-order chi connectivity index (χ0) is 7.40. The van der Waals surface area contributed by atoms with E-state index in [1.54, 1.807) is 7.11 Å². The van der Waals surface area contributed by atoms with Crippen molar-refractivity contribution in [3.63, 3.8) is 0 Å². The van der Waals surface area contributed by atoms with Gasteiger partial charge in [-0.05, 0) is 0 Å². The number of nitrogens with one attached hydrogen (secondary N) is 1. The fraction of sp³-hybridized carbons (Fsp3) is 0.600. The van der Waals surface area contributed by atoms with E-state index in [2.05, 4.69) is 15.4 Å². The van der Waals surface area contributed by atoms with Crippen molar-refractivity contribution in [3.05, 3.63) is 11.4 Å². The van der Waals surface area contributed by atoms with Crippen molar-refractivity contribution in [2.75, 3.05) is 7.11 Å². The monoisotopic (exact) mass is 142 g/mol. The molecule has 5 nitrogen and oxygen atoms in total. The number of hydrogen-bond donors (Lipinski definition) is 2. The maximum absolute atomic E-state index is 5.35. The molecular weight excluding hydrogens is 132 g/mol. The number of aromatic nitrogens is 3. The van der Waals surface area contributed by atoms with Crippen molar-refractivity contribution in [3.8, 4) is 0 Å². The third-order valence-electron chi connectivity index (χ3n) is 1.18. The number of H-pyrrole nitrogens is 1. The molecule has 0 aliphatic heterocycles. The summed E-state index contributed by atoms with van der Waals surface area (Å²) in [5.41, 5.74) is 6.90. The largest absolute Gasteiger partial charge is 0.378 e. The van der Waals surface area contributed by atoms with Crippen LogP contribution in [0.1, 0.15) is 11.4 Å². The molecule has 0 radical (unpaired) electrons. The van der Waals surface area contributed by atoms with Gasteiger partial charge in [-0.2, -0.15) is 15.4 Å². The molecule has 3 N–H and O–H groups in total. The Hall–Kier alpha value is -0.940. The van der Waals surface area contributed by atoms with E-state index in [9.17, 15) is 0 Å².